The monoisotopic (exact) mass is 396 g/mol. The number of fused-ring (bicyclic) bond motifs is 1. The van der Waals surface area contributed by atoms with Gasteiger partial charge in [0.25, 0.3) is 0 Å². The van der Waals surface area contributed by atoms with Gasteiger partial charge in [-0.15, -0.1) is 11.3 Å². The van der Waals surface area contributed by atoms with Crippen molar-refractivity contribution in [3.63, 3.8) is 0 Å². The number of hydrogen-bond donors (Lipinski definition) is 1. The van der Waals surface area contributed by atoms with Crippen LogP contribution in [-0.4, -0.2) is 35.1 Å². The molecule has 3 aromatic rings. The summed E-state index contributed by atoms with van der Waals surface area (Å²) in [6.45, 7) is 7.55. The number of hydrogen-bond acceptors (Lipinski definition) is 5. The molecule has 4 nitrogen and oxygen atoms in total. The van der Waals surface area contributed by atoms with Gasteiger partial charge in [-0.05, 0) is 24.3 Å². The maximum atomic E-state index is 4.86. The van der Waals surface area contributed by atoms with Crippen LogP contribution in [0.1, 0.15) is 45.2 Å². The van der Waals surface area contributed by atoms with Gasteiger partial charge >= 0.3 is 0 Å². The molecular formula is C23H32N4S. The Kier molecular flexibility index (Phi) is 7.83. The first-order valence-corrected chi connectivity index (χ1v) is 11.2. The van der Waals surface area contributed by atoms with Crippen LogP contribution >= 0.6 is 11.3 Å². The minimum atomic E-state index is 0.869. The average Bonchev–Trinajstić information content (AvgIpc) is 3.16. The molecule has 3 rings (SSSR count). The highest BCUT2D eigenvalue weighted by molar-refractivity contribution is 7.13. The van der Waals surface area contributed by atoms with Crippen molar-refractivity contribution in [2.45, 2.75) is 46.1 Å². The van der Waals surface area contributed by atoms with E-state index in [9.17, 15) is 0 Å². The van der Waals surface area contributed by atoms with Crippen LogP contribution in [0, 0.1) is 0 Å². The van der Waals surface area contributed by atoms with E-state index in [1.165, 1.54) is 36.5 Å². The van der Waals surface area contributed by atoms with Crippen LogP contribution in [0.3, 0.4) is 0 Å². The second-order valence-corrected chi connectivity index (χ2v) is 8.13. The predicted octanol–water partition coefficient (Wildman–Crippen LogP) is 6.29. The first-order valence-electron chi connectivity index (χ1n) is 10.4. The van der Waals surface area contributed by atoms with Gasteiger partial charge in [0.15, 0.2) is 5.13 Å². The molecule has 1 aromatic heterocycles. The van der Waals surface area contributed by atoms with Gasteiger partial charge in [-0.1, -0.05) is 63.1 Å². The molecule has 0 radical (unpaired) electrons. The molecule has 150 valence electrons. The number of aromatic nitrogens is 1. The Balaban J connectivity index is 1.69. The maximum absolute atomic E-state index is 4.86. The van der Waals surface area contributed by atoms with Crippen molar-refractivity contribution in [1.29, 1.82) is 0 Å². The van der Waals surface area contributed by atoms with Gasteiger partial charge < -0.3 is 5.32 Å². The number of anilines is 2. The molecule has 1 N–H and O–H groups in total. The Bertz CT molecular complexity index is 855. The number of thiazole rings is 1. The summed E-state index contributed by atoms with van der Waals surface area (Å²) in [5.41, 5.74) is 2.24. The third-order valence-electron chi connectivity index (χ3n) is 5.02. The molecule has 0 fully saturated rings. The number of hydrazine groups is 1. The van der Waals surface area contributed by atoms with Crippen LogP contribution < -0.4 is 5.32 Å². The minimum absolute atomic E-state index is 0.869. The SMILES string of the molecule is CCCCN(C)N(CCCC)Cc1csc(Nc2cccc3ccccc23)n1. The van der Waals surface area contributed by atoms with Crippen LogP contribution in [-0.2, 0) is 6.54 Å². The van der Waals surface area contributed by atoms with Crippen molar-refractivity contribution in [3.8, 4) is 0 Å². The van der Waals surface area contributed by atoms with Crippen LogP contribution in [0.25, 0.3) is 10.8 Å². The Hall–Kier alpha value is -1.95. The van der Waals surface area contributed by atoms with Gasteiger partial charge in [-0.3, -0.25) is 0 Å². The lowest BCUT2D eigenvalue weighted by molar-refractivity contribution is -0.0119. The van der Waals surface area contributed by atoms with E-state index < -0.39 is 0 Å². The zero-order valence-electron chi connectivity index (χ0n) is 17.3. The van der Waals surface area contributed by atoms with Crippen molar-refractivity contribution in [2.24, 2.45) is 0 Å². The van der Waals surface area contributed by atoms with Gasteiger partial charge in [0.05, 0.1) is 12.2 Å². The number of rotatable bonds is 11. The molecule has 0 saturated heterocycles. The van der Waals surface area contributed by atoms with E-state index in [1.54, 1.807) is 11.3 Å². The molecule has 0 bridgehead atoms. The summed E-state index contributed by atoms with van der Waals surface area (Å²) in [6, 6.07) is 14.8. The van der Waals surface area contributed by atoms with Crippen LogP contribution in [0.4, 0.5) is 10.8 Å². The van der Waals surface area contributed by atoms with Crippen molar-refractivity contribution in [1.82, 2.24) is 15.0 Å². The summed E-state index contributed by atoms with van der Waals surface area (Å²) < 4.78 is 0. The van der Waals surface area contributed by atoms with E-state index >= 15 is 0 Å². The highest BCUT2D eigenvalue weighted by Gasteiger charge is 2.13. The van der Waals surface area contributed by atoms with Crippen LogP contribution in [0.15, 0.2) is 47.8 Å². The van der Waals surface area contributed by atoms with E-state index in [2.05, 4.69) is 84.1 Å². The van der Waals surface area contributed by atoms with E-state index in [0.29, 0.717) is 0 Å². The predicted molar refractivity (Wildman–Crippen MR) is 122 cm³/mol. The lowest BCUT2D eigenvalue weighted by Gasteiger charge is -2.31. The summed E-state index contributed by atoms with van der Waals surface area (Å²) in [5.74, 6) is 0. The lowest BCUT2D eigenvalue weighted by atomic mass is 10.1. The van der Waals surface area contributed by atoms with Crippen LogP contribution in [0.5, 0.6) is 0 Å². The molecule has 0 saturated carbocycles. The summed E-state index contributed by atoms with van der Waals surface area (Å²) in [7, 11) is 2.20. The second kappa shape index (κ2) is 10.6. The molecule has 28 heavy (non-hydrogen) atoms. The molecule has 0 amide bonds. The van der Waals surface area contributed by atoms with E-state index in [-0.39, 0.29) is 0 Å². The van der Waals surface area contributed by atoms with E-state index in [0.717, 1.165) is 36.1 Å². The van der Waals surface area contributed by atoms with Crippen molar-refractivity contribution in [3.05, 3.63) is 53.5 Å². The van der Waals surface area contributed by atoms with Gasteiger partial charge in [0, 0.05) is 36.6 Å². The molecule has 0 spiro atoms. The fraction of sp³-hybridized carbons (Fsp3) is 0.435. The molecule has 0 aliphatic rings. The summed E-state index contributed by atoms with van der Waals surface area (Å²) in [4.78, 5) is 4.86. The molecule has 5 heteroatoms. The van der Waals surface area contributed by atoms with Crippen molar-refractivity contribution in [2.75, 3.05) is 25.5 Å². The minimum Gasteiger partial charge on any atom is -0.331 e. The zero-order chi connectivity index (χ0) is 19.8. The third kappa shape index (κ3) is 5.53. The van der Waals surface area contributed by atoms with E-state index in [1.807, 2.05) is 0 Å². The Morgan fingerprint density at radius 3 is 2.54 bits per heavy atom. The fourth-order valence-electron chi connectivity index (χ4n) is 3.31. The quantitative estimate of drug-likeness (QED) is 0.386. The number of nitrogens with one attached hydrogen (secondary N) is 1. The van der Waals surface area contributed by atoms with Crippen molar-refractivity contribution >= 4 is 32.9 Å². The number of benzene rings is 2. The first-order chi connectivity index (χ1) is 13.7. The molecule has 0 unspecified atom stereocenters. The van der Waals surface area contributed by atoms with Crippen molar-refractivity contribution < 1.29 is 0 Å². The van der Waals surface area contributed by atoms with Gasteiger partial charge in [0.2, 0.25) is 0 Å². The molecular weight excluding hydrogens is 364 g/mol. The Morgan fingerprint density at radius 2 is 1.71 bits per heavy atom. The summed E-state index contributed by atoms with van der Waals surface area (Å²) in [5, 5.41) is 13.9. The average molecular weight is 397 g/mol. The number of nitrogens with zero attached hydrogens (tertiary/aromatic N) is 3. The first kappa shape index (κ1) is 20.8. The normalized spacial score (nSPS) is 11.6. The molecule has 1 heterocycles. The fourth-order valence-corrected chi connectivity index (χ4v) is 4.03. The standard InChI is InChI=1S/C23H32N4S/c1-4-6-15-26(3)27(16-7-5-2)17-20-18-28-23(24-20)25-22-14-10-12-19-11-8-9-13-21(19)22/h8-14,18H,4-7,15-17H2,1-3H3,(H,24,25). The maximum Gasteiger partial charge on any atom is 0.187 e. The molecule has 0 atom stereocenters. The molecule has 0 aliphatic heterocycles. The molecule has 0 aliphatic carbocycles. The van der Waals surface area contributed by atoms with Gasteiger partial charge in [-0.2, -0.15) is 0 Å². The topological polar surface area (TPSA) is 31.4 Å². The lowest BCUT2D eigenvalue weighted by Crippen LogP contribution is -2.40. The zero-order valence-corrected chi connectivity index (χ0v) is 18.1. The summed E-state index contributed by atoms with van der Waals surface area (Å²) in [6.07, 6.45) is 4.87. The van der Waals surface area contributed by atoms with Crippen LogP contribution in [0.2, 0.25) is 0 Å². The Morgan fingerprint density at radius 1 is 0.964 bits per heavy atom. The highest BCUT2D eigenvalue weighted by Crippen LogP contribution is 2.28. The second-order valence-electron chi connectivity index (χ2n) is 7.27. The van der Waals surface area contributed by atoms with E-state index in [4.69, 9.17) is 4.98 Å². The molecule has 2 aromatic carbocycles. The Labute approximate surface area is 173 Å². The highest BCUT2D eigenvalue weighted by atomic mass is 32.1. The smallest absolute Gasteiger partial charge is 0.187 e. The van der Waals surface area contributed by atoms with Gasteiger partial charge in [0.1, 0.15) is 0 Å². The number of unbranched alkanes of at least 4 members (excludes halogenated alkanes) is 2. The largest absolute Gasteiger partial charge is 0.331 e. The third-order valence-corrected chi connectivity index (χ3v) is 5.82. The van der Waals surface area contributed by atoms with Gasteiger partial charge in [-0.25, -0.2) is 15.0 Å². The summed E-state index contributed by atoms with van der Waals surface area (Å²) >= 11 is 1.68.